The number of thiocarbonyl (C=S) groups is 1. The van der Waals surface area contributed by atoms with Crippen LogP contribution in [0.3, 0.4) is 0 Å². The predicted octanol–water partition coefficient (Wildman–Crippen LogP) is 3.70. The van der Waals surface area contributed by atoms with Crippen LogP contribution in [-0.4, -0.2) is 22.5 Å². The number of anilines is 1. The molecule has 6 nitrogen and oxygen atoms in total. The number of carbonyl (C=O) groups excluding carboxylic acids is 2. The summed E-state index contributed by atoms with van der Waals surface area (Å²) in [4.78, 5) is 24.2. The van der Waals surface area contributed by atoms with E-state index in [1.54, 1.807) is 30.3 Å². The number of hydrogen-bond donors (Lipinski definition) is 3. The first-order valence-corrected chi connectivity index (χ1v) is 8.64. The number of halogens is 1. The van der Waals surface area contributed by atoms with E-state index in [-0.39, 0.29) is 22.3 Å². The molecule has 1 aromatic heterocycles. The van der Waals surface area contributed by atoms with Gasteiger partial charge in [-0.15, -0.1) is 0 Å². The summed E-state index contributed by atoms with van der Waals surface area (Å²) in [6.45, 7) is 5.72. The first-order chi connectivity index (χ1) is 11.6. The lowest BCUT2D eigenvalue weighted by atomic mass is 10.1. The van der Waals surface area contributed by atoms with Gasteiger partial charge in [0.2, 0.25) is 0 Å². The number of hydrogen-bond acceptors (Lipinski definition) is 4. The summed E-state index contributed by atoms with van der Waals surface area (Å²) < 4.78 is 5.61. The van der Waals surface area contributed by atoms with E-state index in [0.717, 1.165) is 0 Å². The van der Waals surface area contributed by atoms with Crippen LogP contribution in [0.2, 0.25) is 0 Å². The van der Waals surface area contributed by atoms with Crippen molar-refractivity contribution in [3.05, 3.63) is 52.4 Å². The van der Waals surface area contributed by atoms with E-state index in [0.29, 0.717) is 15.9 Å². The third-order valence-corrected chi connectivity index (χ3v) is 3.53. The molecule has 0 atom stereocenters. The third-order valence-electron chi connectivity index (χ3n) is 2.90. The maximum Gasteiger partial charge on any atom is 0.293 e. The first-order valence-electron chi connectivity index (χ1n) is 7.44. The molecular formula is C17H18BrN3O3S. The quantitative estimate of drug-likeness (QED) is 0.655. The van der Waals surface area contributed by atoms with Crippen LogP contribution >= 0.6 is 28.1 Å². The van der Waals surface area contributed by atoms with Crippen LogP contribution in [0.4, 0.5) is 5.69 Å². The van der Waals surface area contributed by atoms with Gasteiger partial charge in [0.05, 0.1) is 0 Å². The second-order valence-corrected chi connectivity index (χ2v) is 7.49. The molecule has 0 unspecified atom stereocenters. The van der Waals surface area contributed by atoms with Gasteiger partial charge >= 0.3 is 0 Å². The standard InChI is InChI=1S/C17H18BrN3O3S/c1-17(2,3)21-14(22)10-5-4-6-11(9-10)19-16(25)20-15(23)12-7-8-13(18)24-12/h4-9H,1-3H3,(H,21,22)(H2,19,20,23,25). The maximum absolute atomic E-state index is 12.2. The number of rotatable bonds is 3. The van der Waals surface area contributed by atoms with E-state index >= 15 is 0 Å². The van der Waals surface area contributed by atoms with E-state index in [1.165, 1.54) is 6.07 Å². The van der Waals surface area contributed by atoms with Gasteiger partial charge in [-0.3, -0.25) is 14.9 Å². The summed E-state index contributed by atoms with van der Waals surface area (Å²) in [6.07, 6.45) is 0. The molecule has 0 saturated heterocycles. The van der Waals surface area contributed by atoms with Gasteiger partial charge in [0.25, 0.3) is 11.8 Å². The van der Waals surface area contributed by atoms with E-state index in [1.807, 2.05) is 20.8 Å². The topological polar surface area (TPSA) is 83.4 Å². The van der Waals surface area contributed by atoms with Crippen molar-refractivity contribution in [1.82, 2.24) is 10.6 Å². The Bertz CT molecular complexity index is 811. The Kier molecular flexibility index (Phi) is 5.97. The van der Waals surface area contributed by atoms with E-state index < -0.39 is 5.91 Å². The molecule has 2 rings (SSSR count). The fraction of sp³-hybridized carbons (Fsp3) is 0.235. The van der Waals surface area contributed by atoms with Crippen LogP contribution in [0.15, 0.2) is 45.5 Å². The van der Waals surface area contributed by atoms with Crippen molar-refractivity contribution in [2.75, 3.05) is 5.32 Å². The minimum Gasteiger partial charge on any atom is -0.444 e. The fourth-order valence-electron chi connectivity index (χ4n) is 1.91. The first kappa shape index (κ1) is 19.1. The minimum absolute atomic E-state index is 0.103. The lowest BCUT2D eigenvalue weighted by Gasteiger charge is -2.20. The van der Waals surface area contributed by atoms with Gasteiger partial charge in [-0.05, 0) is 79.3 Å². The van der Waals surface area contributed by atoms with Crippen LogP contribution in [0.25, 0.3) is 0 Å². The zero-order valence-corrected chi connectivity index (χ0v) is 16.4. The monoisotopic (exact) mass is 423 g/mol. The molecular weight excluding hydrogens is 406 g/mol. The van der Waals surface area contributed by atoms with Gasteiger partial charge in [0, 0.05) is 16.8 Å². The molecule has 25 heavy (non-hydrogen) atoms. The molecule has 3 N–H and O–H groups in total. The Morgan fingerprint density at radius 1 is 1.12 bits per heavy atom. The molecule has 2 amide bonds. The Morgan fingerprint density at radius 2 is 1.84 bits per heavy atom. The van der Waals surface area contributed by atoms with Crippen LogP contribution in [0, 0.1) is 0 Å². The zero-order chi connectivity index (χ0) is 18.6. The average molecular weight is 424 g/mol. The molecule has 132 valence electrons. The largest absolute Gasteiger partial charge is 0.444 e. The van der Waals surface area contributed by atoms with Gasteiger partial charge < -0.3 is 15.1 Å². The van der Waals surface area contributed by atoms with Crippen molar-refractivity contribution in [3.8, 4) is 0 Å². The van der Waals surface area contributed by atoms with Gasteiger partial charge in [-0.2, -0.15) is 0 Å². The zero-order valence-electron chi connectivity index (χ0n) is 14.0. The van der Waals surface area contributed by atoms with Crippen LogP contribution < -0.4 is 16.0 Å². The summed E-state index contributed by atoms with van der Waals surface area (Å²) >= 11 is 8.25. The van der Waals surface area contributed by atoms with Gasteiger partial charge in [0.1, 0.15) is 0 Å². The van der Waals surface area contributed by atoms with Crippen LogP contribution in [0.5, 0.6) is 0 Å². The van der Waals surface area contributed by atoms with Gasteiger partial charge in [0.15, 0.2) is 15.5 Å². The van der Waals surface area contributed by atoms with Crippen molar-refractivity contribution in [2.45, 2.75) is 26.3 Å². The van der Waals surface area contributed by atoms with Crippen molar-refractivity contribution >= 4 is 50.8 Å². The lowest BCUT2D eigenvalue weighted by molar-refractivity contribution is 0.0917. The smallest absolute Gasteiger partial charge is 0.293 e. The van der Waals surface area contributed by atoms with E-state index in [4.69, 9.17) is 16.6 Å². The molecule has 1 heterocycles. The minimum atomic E-state index is -0.468. The van der Waals surface area contributed by atoms with Crippen molar-refractivity contribution in [1.29, 1.82) is 0 Å². The number of carbonyl (C=O) groups is 2. The second-order valence-electron chi connectivity index (χ2n) is 6.30. The summed E-state index contributed by atoms with van der Waals surface area (Å²) in [5.74, 6) is -0.522. The molecule has 0 bridgehead atoms. The van der Waals surface area contributed by atoms with Crippen molar-refractivity contribution in [2.24, 2.45) is 0 Å². The van der Waals surface area contributed by atoms with Crippen molar-refractivity contribution in [3.63, 3.8) is 0 Å². The molecule has 0 aliphatic rings. The number of nitrogens with one attached hydrogen (secondary N) is 3. The molecule has 1 aromatic carbocycles. The van der Waals surface area contributed by atoms with Crippen LogP contribution in [-0.2, 0) is 0 Å². The van der Waals surface area contributed by atoms with Gasteiger partial charge in [-0.1, -0.05) is 6.07 Å². The molecule has 2 aromatic rings. The Morgan fingerprint density at radius 3 is 2.44 bits per heavy atom. The second kappa shape index (κ2) is 7.79. The summed E-state index contributed by atoms with van der Waals surface area (Å²) in [5, 5.41) is 8.37. The summed E-state index contributed by atoms with van der Waals surface area (Å²) in [7, 11) is 0. The highest BCUT2D eigenvalue weighted by Crippen LogP contribution is 2.14. The Hall–Kier alpha value is -2.19. The summed E-state index contributed by atoms with van der Waals surface area (Å²) in [5.41, 5.74) is 0.748. The molecule has 0 fully saturated rings. The lowest BCUT2D eigenvalue weighted by Crippen LogP contribution is -2.40. The molecule has 0 aliphatic heterocycles. The maximum atomic E-state index is 12.2. The fourth-order valence-corrected chi connectivity index (χ4v) is 2.43. The predicted molar refractivity (Wildman–Crippen MR) is 104 cm³/mol. The van der Waals surface area contributed by atoms with E-state index in [2.05, 4.69) is 31.9 Å². The van der Waals surface area contributed by atoms with Crippen molar-refractivity contribution < 1.29 is 14.0 Å². The number of furan rings is 1. The van der Waals surface area contributed by atoms with E-state index in [9.17, 15) is 9.59 Å². The molecule has 0 saturated carbocycles. The SMILES string of the molecule is CC(C)(C)NC(=O)c1cccc(NC(=S)NC(=O)c2ccc(Br)o2)c1. The van der Waals surface area contributed by atoms with Crippen LogP contribution in [0.1, 0.15) is 41.7 Å². The molecule has 8 heteroatoms. The average Bonchev–Trinajstić information content (AvgIpc) is 2.92. The highest BCUT2D eigenvalue weighted by molar-refractivity contribution is 9.10. The Labute approximate surface area is 159 Å². The molecule has 0 spiro atoms. The number of amides is 2. The molecule has 0 aliphatic carbocycles. The third kappa shape index (κ3) is 5.99. The molecule has 0 radical (unpaired) electrons. The van der Waals surface area contributed by atoms with Gasteiger partial charge in [-0.25, -0.2) is 0 Å². The normalized spacial score (nSPS) is 10.9. The summed E-state index contributed by atoms with van der Waals surface area (Å²) in [6, 6.07) is 9.98. The number of benzene rings is 1. The Balaban J connectivity index is 2.00. The highest BCUT2D eigenvalue weighted by Gasteiger charge is 2.16. The highest BCUT2D eigenvalue weighted by atomic mass is 79.9.